The fourth-order valence-electron chi connectivity index (χ4n) is 1.34. The molecular formula is C13H21NO. The molecule has 1 aromatic rings. The molecule has 0 spiro atoms. The zero-order valence-corrected chi connectivity index (χ0v) is 9.86. The van der Waals surface area contributed by atoms with Gasteiger partial charge in [-0.2, -0.15) is 0 Å². The highest BCUT2D eigenvalue weighted by Crippen LogP contribution is 2.15. The standard InChI is InChI=1S/C13H21NO/c1-10(2)15-9-12-4-6-13(7-5-12)11(3)8-14/h4-7,10-11H,8-9,14H2,1-3H3. The maximum atomic E-state index is 5.62. The Kier molecular flexibility index (Phi) is 4.79. The number of hydrogen-bond donors (Lipinski definition) is 1. The predicted octanol–water partition coefficient (Wildman–Crippen LogP) is 2.67. The quantitative estimate of drug-likeness (QED) is 0.805. The van der Waals surface area contributed by atoms with Gasteiger partial charge in [0.15, 0.2) is 0 Å². The summed E-state index contributed by atoms with van der Waals surface area (Å²) in [5.74, 6) is 0.435. The molecule has 1 rings (SSSR count). The van der Waals surface area contributed by atoms with Gasteiger partial charge in [-0.1, -0.05) is 31.2 Å². The highest BCUT2D eigenvalue weighted by atomic mass is 16.5. The van der Waals surface area contributed by atoms with Crippen LogP contribution in [0.4, 0.5) is 0 Å². The third-order valence-corrected chi connectivity index (χ3v) is 2.49. The van der Waals surface area contributed by atoms with Gasteiger partial charge in [0.2, 0.25) is 0 Å². The Balaban J connectivity index is 2.56. The number of hydrogen-bond acceptors (Lipinski definition) is 2. The minimum atomic E-state index is 0.285. The Morgan fingerprint density at radius 3 is 2.20 bits per heavy atom. The van der Waals surface area contributed by atoms with Gasteiger partial charge in [0.25, 0.3) is 0 Å². The summed E-state index contributed by atoms with van der Waals surface area (Å²) in [7, 11) is 0. The molecule has 0 saturated carbocycles. The van der Waals surface area contributed by atoms with Gasteiger partial charge in [-0.3, -0.25) is 0 Å². The van der Waals surface area contributed by atoms with E-state index in [1.165, 1.54) is 11.1 Å². The van der Waals surface area contributed by atoms with Gasteiger partial charge in [0, 0.05) is 0 Å². The third-order valence-electron chi connectivity index (χ3n) is 2.49. The summed E-state index contributed by atoms with van der Waals surface area (Å²) in [4.78, 5) is 0. The third kappa shape index (κ3) is 4.02. The summed E-state index contributed by atoms with van der Waals surface area (Å²) >= 11 is 0. The summed E-state index contributed by atoms with van der Waals surface area (Å²) in [6.45, 7) is 7.62. The lowest BCUT2D eigenvalue weighted by molar-refractivity contribution is 0.0657. The van der Waals surface area contributed by atoms with Crippen molar-refractivity contribution in [1.29, 1.82) is 0 Å². The van der Waals surface area contributed by atoms with Crippen LogP contribution in [0.5, 0.6) is 0 Å². The molecule has 0 fully saturated rings. The van der Waals surface area contributed by atoms with Crippen molar-refractivity contribution in [2.24, 2.45) is 5.73 Å². The molecule has 0 amide bonds. The number of nitrogens with two attached hydrogens (primary N) is 1. The van der Waals surface area contributed by atoms with Crippen LogP contribution < -0.4 is 5.73 Å². The van der Waals surface area contributed by atoms with Crippen molar-refractivity contribution in [3.05, 3.63) is 35.4 Å². The molecule has 1 atom stereocenters. The molecule has 15 heavy (non-hydrogen) atoms. The van der Waals surface area contributed by atoms with Crippen molar-refractivity contribution in [3.8, 4) is 0 Å². The van der Waals surface area contributed by atoms with E-state index in [1.54, 1.807) is 0 Å². The zero-order valence-electron chi connectivity index (χ0n) is 9.86. The fraction of sp³-hybridized carbons (Fsp3) is 0.538. The molecule has 0 radical (unpaired) electrons. The van der Waals surface area contributed by atoms with Crippen LogP contribution in [0, 0.1) is 0 Å². The summed E-state index contributed by atoms with van der Waals surface area (Å²) in [6.07, 6.45) is 0.285. The molecule has 0 aromatic heterocycles. The van der Waals surface area contributed by atoms with Gasteiger partial charge >= 0.3 is 0 Å². The van der Waals surface area contributed by atoms with Crippen molar-refractivity contribution < 1.29 is 4.74 Å². The maximum Gasteiger partial charge on any atom is 0.0720 e. The van der Waals surface area contributed by atoms with E-state index >= 15 is 0 Å². The summed E-state index contributed by atoms with van der Waals surface area (Å²) < 4.78 is 5.53. The lowest BCUT2D eigenvalue weighted by Gasteiger charge is -2.11. The first-order chi connectivity index (χ1) is 7.13. The Morgan fingerprint density at radius 1 is 1.13 bits per heavy atom. The van der Waals surface area contributed by atoms with E-state index in [1.807, 2.05) is 13.8 Å². The van der Waals surface area contributed by atoms with Crippen LogP contribution in [0.1, 0.15) is 37.8 Å². The zero-order chi connectivity index (χ0) is 11.3. The van der Waals surface area contributed by atoms with Crippen molar-refractivity contribution in [2.45, 2.75) is 39.4 Å². The van der Waals surface area contributed by atoms with Crippen molar-refractivity contribution >= 4 is 0 Å². The number of ether oxygens (including phenoxy) is 1. The fourth-order valence-corrected chi connectivity index (χ4v) is 1.34. The number of benzene rings is 1. The molecule has 0 aliphatic heterocycles. The van der Waals surface area contributed by atoms with E-state index in [0.717, 1.165) is 0 Å². The molecule has 1 unspecified atom stereocenters. The lowest BCUT2D eigenvalue weighted by atomic mass is 10.0. The first-order valence-electron chi connectivity index (χ1n) is 5.54. The largest absolute Gasteiger partial charge is 0.374 e. The average Bonchev–Trinajstić information content (AvgIpc) is 2.26. The van der Waals surface area contributed by atoms with Crippen LogP contribution in [0.2, 0.25) is 0 Å². The Hall–Kier alpha value is -0.860. The first-order valence-corrected chi connectivity index (χ1v) is 5.54. The summed E-state index contributed by atoms with van der Waals surface area (Å²) in [6, 6.07) is 8.50. The monoisotopic (exact) mass is 207 g/mol. The second-order valence-electron chi connectivity index (χ2n) is 4.24. The maximum absolute atomic E-state index is 5.62. The molecule has 0 heterocycles. The van der Waals surface area contributed by atoms with Gasteiger partial charge < -0.3 is 10.5 Å². The Bertz CT molecular complexity index is 279. The Morgan fingerprint density at radius 2 is 1.73 bits per heavy atom. The predicted molar refractivity (Wildman–Crippen MR) is 63.8 cm³/mol. The molecule has 0 aliphatic rings. The molecular weight excluding hydrogens is 186 g/mol. The van der Waals surface area contributed by atoms with Crippen LogP contribution in [0.3, 0.4) is 0 Å². The molecule has 0 saturated heterocycles. The molecule has 0 aliphatic carbocycles. The second kappa shape index (κ2) is 5.89. The molecule has 2 heteroatoms. The molecule has 2 N–H and O–H groups in total. The van der Waals surface area contributed by atoms with E-state index in [4.69, 9.17) is 10.5 Å². The van der Waals surface area contributed by atoms with Gasteiger partial charge in [-0.15, -0.1) is 0 Å². The molecule has 0 bridgehead atoms. The van der Waals surface area contributed by atoms with Crippen molar-refractivity contribution in [3.63, 3.8) is 0 Å². The molecule has 1 aromatic carbocycles. The summed E-state index contributed by atoms with van der Waals surface area (Å²) in [5.41, 5.74) is 8.13. The van der Waals surface area contributed by atoms with E-state index in [9.17, 15) is 0 Å². The SMILES string of the molecule is CC(C)OCc1ccc(C(C)CN)cc1. The van der Waals surface area contributed by atoms with E-state index in [-0.39, 0.29) is 6.10 Å². The van der Waals surface area contributed by atoms with E-state index in [2.05, 4.69) is 31.2 Å². The van der Waals surface area contributed by atoms with Crippen molar-refractivity contribution in [1.82, 2.24) is 0 Å². The molecule has 2 nitrogen and oxygen atoms in total. The van der Waals surface area contributed by atoms with Crippen LogP contribution in [0.25, 0.3) is 0 Å². The van der Waals surface area contributed by atoms with Gasteiger partial charge in [-0.05, 0) is 37.4 Å². The highest BCUT2D eigenvalue weighted by molar-refractivity contribution is 5.24. The van der Waals surface area contributed by atoms with Crippen LogP contribution in [0.15, 0.2) is 24.3 Å². The van der Waals surface area contributed by atoms with Crippen LogP contribution in [-0.4, -0.2) is 12.6 Å². The van der Waals surface area contributed by atoms with Gasteiger partial charge in [0.05, 0.1) is 12.7 Å². The van der Waals surface area contributed by atoms with E-state index in [0.29, 0.717) is 19.1 Å². The van der Waals surface area contributed by atoms with Gasteiger partial charge in [0.1, 0.15) is 0 Å². The van der Waals surface area contributed by atoms with Crippen LogP contribution >= 0.6 is 0 Å². The van der Waals surface area contributed by atoms with Crippen LogP contribution in [-0.2, 0) is 11.3 Å². The summed E-state index contributed by atoms with van der Waals surface area (Å²) in [5, 5.41) is 0. The van der Waals surface area contributed by atoms with Crippen molar-refractivity contribution in [2.75, 3.05) is 6.54 Å². The number of rotatable bonds is 5. The lowest BCUT2D eigenvalue weighted by Crippen LogP contribution is -2.09. The first kappa shape index (κ1) is 12.2. The average molecular weight is 207 g/mol. The second-order valence-corrected chi connectivity index (χ2v) is 4.24. The normalized spacial score (nSPS) is 13.1. The topological polar surface area (TPSA) is 35.2 Å². The molecule has 84 valence electrons. The minimum Gasteiger partial charge on any atom is -0.374 e. The van der Waals surface area contributed by atoms with E-state index < -0.39 is 0 Å². The minimum absolute atomic E-state index is 0.285. The Labute approximate surface area is 92.4 Å². The highest BCUT2D eigenvalue weighted by Gasteiger charge is 2.02. The smallest absolute Gasteiger partial charge is 0.0720 e. The van der Waals surface area contributed by atoms with Gasteiger partial charge in [-0.25, -0.2) is 0 Å².